The molecule has 23 heavy (non-hydrogen) atoms. The van der Waals surface area contributed by atoms with Gasteiger partial charge in [-0.15, -0.1) is 9.29 Å². The van der Waals surface area contributed by atoms with Crippen molar-refractivity contribution in [3.8, 4) is 0 Å². The minimum Gasteiger partial charge on any atom is -0.381 e. The number of nitrogens with zero attached hydrogens (tertiary/aromatic N) is 3. The standard InChI is InChI=1S/C16H40N3O4/c1-16(2,20-10)12-15-21-14-11-13-19(9,22-17(3,4)5)23-18(6,7)8/h11-15H2,1-10H3/q+3. The smallest absolute Gasteiger partial charge is 0.156 e. The molecule has 0 saturated heterocycles. The number of rotatable bonds is 12. The van der Waals surface area contributed by atoms with Gasteiger partial charge >= 0.3 is 0 Å². The third-order valence-corrected chi connectivity index (χ3v) is 3.09. The van der Waals surface area contributed by atoms with Gasteiger partial charge in [-0.05, 0) is 20.3 Å². The molecule has 0 N–H and O–H groups in total. The minimum atomic E-state index is -0.135. The van der Waals surface area contributed by atoms with E-state index in [2.05, 4.69) is 13.8 Å². The van der Waals surface area contributed by atoms with Crippen molar-refractivity contribution in [2.24, 2.45) is 0 Å². The van der Waals surface area contributed by atoms with Crippen LogP contribution in [0.1, 0.15) is 26.7 Å². The summed E-state index contributed by atoms with van der Waals surface area (Å²) < 4.78 is 11.8. The lowest BCUT2D eigenvalue weighted by molar-refractivity contribution is -1.48. The lowest BCUT2D eigenvalue weighted by atomic mass is 10.1. The second-order valence-corrected chi connectivity index (χ2v) is 8.36. The van der Waals surface area contributed by atoms with Gasteiger partial charge in [0.2, 0.25) is 0 Å². The normalized spacial score (nSPS) is 14.3. The highest BCUT2D eigenvalue weighted by molar-refractivity contribution is 4.66. The number of ether oxygens (including phenoxy) is 2. The fraction of sp³-hybridized carbons (Fsp3) is 1.00. The van der Waals surface area contributed by atoms with Gasteiger partial charge in [0.25, 0.3) is 0 Å². The third kappa shape index (κ3) is 12.8. The monoisotopic (exact) mass is 338 g/mol. The predicted octanol–water partition coefficient (Wildman–Crippen LogP) is 1.76. The van der Waals surface area contributed by atoms with E-state index >= 15 is 0 Å². The summed E-state index contributed by atoms with van der Waals surface area (Å²) in [5, 5.41) is 0. The van der Waals surface area contributed by atoms with E-state index in [0.29, 0.717) is 29.1 Å². The Morgan fingerprint density at radius 1 is 0.783 bits per heavy atom. The molecule has 0 heterocycles. The van der Waals surface area contributed by atoms with Crippen LogP contribution in [0.4, 0.5) is 0 Å². The van der Waals surface area contributed by atoms with Gasteiger partial charge in [0, 0.05) is 30.0 Å². The highest BCUT2D eigenvalue weighted by Gasteiger charge is 2.40. The maximum absolute atomic E-state index is 6.04. The quantitative estimate of drug-likeness (QED) is 0.309. The number of methoxy groups -OCH3 is 1. The maximum atomic E-state index is 6.04. The molecular weight excluding hydrogens is 298 g/mol. The molecule has 0 amide bonds. The van der Waals surface area contributed by atoms with Crippen LogP contribution >= 0.6 is 0 Å². The van der Waals surface area contributed by atoms with Crippen molar-refractivity contribution >= 4 is 0 Å². The van der Waals surface area contributed by atoms with Crippen molar-refractivity contribution < 1.29 is 33.5 Å². The van der Waals surface area contributed by atoms with Crippen LogP contribution in [0.2, 0.25) is 0 Å². The molecule has 0 atom stereocenters. The third-order valence-electron chi connectivity index (χ3n) is 3.09. The van der Waals surface area contributed by atoms with Crippen LogP contribution in [-0.4, -0.2) is 95.9 Å². The molecule has 0 unspecified atom stereocenters. The first kappa shape index (κ1) is 22.7. The Hall–Kier alpha value is -0.280. The van der Waals surface area contributed by atoms with Gasteiger partial charge < -0.3 is 9.47 Å². The number of hydrogen-bond acceptors (Lipinski definition) is 4. The molecule has 0 aliphatic carbocycles. The molecule has 0 fully saturated rings. The van der Waals surface area contributed by atoms with E-state index in [9.17, 15) is 0 Å². The summed E-state index contributed by atoms with van der Waals surface area (Å²) in [5.41, 5.74) is -0.135. The van der Waals surface area contributed by atoms with E-state index < -0.39 is 0 Å². The maximum Gasteiger partial charge on any atom is 0.156 e. The number of quaternary nitrogens is 3. The first-order chi connectivity index (χ1) is 10.2. The molecular formula is C16H40N3O4+3. The highest BCUT2D eigenvalue weighted by atomic mass is 17.1. The minimum absolute atomic E-state index is 0.0694. The Morgan fingerprint density at radius 2 is 1.26 bits per heavy atom. The van der Waals surface area contributed by atoms with E-state index in [1.54, 1.807) is 7.11 Å². The van der Waals surface area contributed by atoms with Crippen LogP contribution in [0, 0.1) is 0 Å². The van der Waals surface area contributed by atoms with Crippen molar-refractivity contribution in [1.29, 1.82) is 0 Å². The molecule has 0 aromatic heterocycles. The average molecular weight is 339 g/mol. The van der Waals surface area contributed by atoms with Gasteiger partial charge in [-0.1, -0.05) is 0 Å². The van der Waals surface area contributed by atoms with Gasteiger partial charge in [0.05, 0.1) is 17.0 Å². The van der Waals surface area contributed by atoms with Crippen LogP contribution in [0.3, 0.4) is 0 Å². The number of hydroxylamine groups is 10. The molecule has 7 nitrogen and oxygen atoms in total. The Balaban J connectivity index is 4.31. The largest absolute Gasteiger partial charge is 0.381 e. The van der Waals surface area contributed by atoms with Crippen LogP contribution in [0.5, 0.6) is 0 Å². The zero-order valence-corrected chi connectivity index (χ0v) is 17.0. The van der Waals surface area contributed by atoms with Crippen LogP contribution in [-0.2, 0) is 19.4 Å². The molecule has 0 aliphatic rings. The van der Waals surface area contributed by atoms with Gasteiger partial charge in [-0.2, -0.15) is 0 Å². The fourth-order valence-electron chi connectivity index (χ4n) is 2.11. The molecule has 0 aliphatic heterocycles. The van der Waals surface area contributed by atoms with Crippen molar-refractivity contribution in [2.45, 2.75) is 32.3 Å². The van der Waals surface area contributed by atoms with E-state index in [0.717, 1.165) is 12.8 Å². The molecule has 0 spiro atoms. The zero-order valence-electron chi connectivity index (χ0n) is 17.0. The molecule has 0 aromatic carbocycles. The van der Waals surface area contributed by atoms with Gasteiger partial charge in [-0.25, -0.2) is 0 Å². The SMILES string of the molecule is COC(C)(C)CCOCCC[N+](C)(O[N+](C)(C)C)O[N+](C)(C)C. The summed E-state index contributed by atoms with van der Waals surface area (Å²) in [7, 11) is 15.5. The predicted molar refractivity (Wildman–Crippen MR) is 90.4 cm³/mol. The van der Waals surface area contributed by atoms with Crippen molar-refractivity contribution in [1.82, 2.24) is 0 Å². The molecule has 0 rings (SSSR count). The Bertz CT molecular complexity index is 319. The highest BCUT2D eigenvalue weighted by Crippen LogP contribution is 2.16. The average Bonchev–Trinajstić information content (AvgIpc) is 2.28. The van der Waals surface area contributed by atoms with E-state index in [1.165, 1.54) is 0 Å². The summed E-state index contributed by atoms with van der Waals surface area (Å²) in [4.78, 5) is 12.2. The molecule has 0 radical (unpaired) electrons. The Labute approximate surface area is 142 Å². The Kier molecular flexibility index (Phi) is 8.60. The second-order valence-electron chi connectivity index (χ2n) is 8.36. The topological polar surface area (TPSA) is 36.9 Å². The first-order valence-electron chi connectivity index (χ1n) is 8.22. The van der Waals surface area contributed by atoms with Crippen molar-refractivity contribution in [2.75, 3.05) is 76.2 Å². The van der Waals surface area contributed by atoms with Gasteiger partial charge in [-0.3, -0.25) is 0 Å². The van der Waals surface area contributed by atoms with E-state index in [-0.39, 0.29) is 10.4 Å². The Morgan fingerprint density at radius 3 is 1.65 bits per heavy atom. The molecule has 0 bridgehead atoms. The lowest BCUT2D eigenvalue weighted by Crippen LogP contribution is -2.59. The molecule has 0 saturated carbocycles. The fourth-order valence-corrected chi connectivity index (χ4v) is 2.11. The molecule has 7 heteroatoms. The van der Waals surface area contributed by atoms with Crippen molar-refractivity contribution in [3.05, 3.63) is 0 Å². The number of hydrogen-bond donors (Lipinski definition) is 0. The van der Waals surface area contributed by atoms with Gasteiger partial charge in [0.15, 0.2) is 6.54 Å². The lowest BCUT2D eigenvalue weighted by Gasteiger charge is -2.34. The first-order valence-corrected chi connectivity index (χ1v) is 8.22. The van der Waals surface area contributed by atoms with Crippen LogP contribution in [0.25, 0.3) is 0 Å². The van der Waals surface area contributed by atoms with E-state index in [4.69, 9.17) is 19.4 Å². The summed E-state index contributed by atoms with van der Waals surface area (Å²) in [5.74, 6) is 0. The molecule has 140 valence electrons. The van der Waals surface area contributed by atoms with Crippen LogP contribution in [0.15, 0.2) is 0 Å². The zero-order chi connectivity index (χ0) is 18.4. The van der Waals surface area contributed by atoms with Gasteiger partial charge in [0.1, 0.15) is 49.3 Å². The summed E-state index contributed by atoms with van der Waals surface area (Å²) >= 11 is 0. The van der Waals surface area contributed by atoms with Crippen LogP contribution < -0.4 is 0 Å². The summed E-state index contributed by atoms with van der Waals surface area (Å²) in [6.07, 6.45) is 1.73. The second kappa shape index (κ2) is 8.71. The summed E-state index contributed by atoms with van der Waals surface area (Å²) in [6, 6.07) is 0. The molecule has 0 aromatic rings. The summed E-state index contributed by atoms with van der Waals surface area (Å²) in [6.45, 7) is 6.20. The van der Waals surface area contributed by atoms with Crippen molar-refractivity contribution in [3.63, 3.8) is 0 Å². The van der Waals surface area contributed by atoms with E-state index in [1.807, 2.05) is 49.3 Å².